The summed E-state index contributed by atoms with van der Waals surface area (Å²) in [5.41, 5.74) is -0.148. The molecule has 1 aliphatic rings. The predicted molar refractivity (Wildman–Crippen MR) is 91.7 cm³/mol. The average molecular weight is 394 g/mol. The van der Waals surface area contributed by atoms with Crippen LogP contribution in [0, 0.1) is 5.82 Å². The van der Waals surface area contributed by atoms with E-state index in [9.17, 15) is 22.4 Å². The molecule has 0 spiro atoms. The molecule has 0 aliphatic heterocycles. The van der Waals surface area contributed by atoms with Gasteiger partial charge in [-0.1, -0.05) is 0 Å². The maximum Gasteiger partial charge on any atom is 0.405 e. The van der Waals surface area contributed by atoms with Crippen LogP contribution < -0.4 is 10.6 Å². The number of amides is 1. The van der Waals surface area contributed by atoms with E-state index in [0.717, 1.165) is 6.20 Å². The lowest BCUT2D eigenvalue weighted by Gasteiger charge is -2.18. The first-order chi connectivity index (χ1) is 13.3. The first kappa shape index (κ1) is 18.1. The molecule has 4 rings (SSSR count). The van der Waals surface area contributed by atoms with E-state index >= 15 is 0 Å². The molecule has 1 fully saturated rings. The minimum Gasteiger partial charge on any atom is -0.356 e. The van der Waals surface area contributed by atoms with Crippen molar-refractivity contribution in [3.8, 4) is 11.4 Å². The summed E-state index contributed by atoms with van der Waals surface area (Å²) in [5, 5.41) is 5.28. The lowest BCUT2D eigenvalue weighted by atomic mass is 10.2. The molecular weight excluding hydrogens is 380 g/mol. The van der Waals surface area contributed by atoms with Crippen molar-refractivity contribution < 1.29 is 22.4 Å². The molecule has 0 bridgehead atoms. The molecule has 3 N–H and O–H groups in total. The molecule has 3 aromatic rings. The van der Waals surface area contributed by atoms with Gasteiger partial charge in [0.05, 0.1) is 6.20 Å². The highest BCUT2D eigenvalue weighted by Gasteiger charge is 2.51. The fourth-order valence-electron chi connectivity index (χ4n) is 2.85. The van der Waals surface area contributed by atoms with Crippen LogP contribution in [0.1, 0.15) is 12.8 Å². The molecule has 0 atom stereocenters. The van der Waals surface area contributed by atoms with Gasteiger partial charge in [0.15, 0.2) is 5.82 Å². The number of carbonyl (C=O) groups is 1. The number of aromatic amines is 1. The van der Waals surface area contributed by atoms with Gasteiger partial charge in [-0.05, 0) is 25.0 Å². The van der Waals surface area contributed by atoms with Gasteiger partial charge >= 0.3 is 6.18 Å². The van der Waals surface area contributed by atoms with E-state index in [1.807, 2.05) is 5.32 Å². The number of H-pyrrole nitrogens is 1. The predicted octanol–water partition coefficient (Wildman–Crippen LogP) is 2.78. The zero-order valence-corrected chi connectivity index (χ0v) is 14.3. The van der Waals surface area contributed by atoms with Gasteiger partial charge in [0.25, 0.3) is 0 Å². The summed E-state index contributed by atoms with van der Waals surface area (Å²) in [4.78, 5) is 27.4. The molecule has 1 aliphatic carbocycles. The fourth-order valence-corrected chi connectivity index (χ4v) is 2.85. The maximum atomic E-state index is 13.5. The van der Waals surface area contributed by atoms with Gasteiger partial charge in [-0.3, -0.25) is 4.79 Å². The van der Waals surface area contributed by atoms with Crippen LogP contribution in [0.25, 0.3) is 22.4 Å². The van der Waals surface area contributed by atoms with Gasteiger partial charge < -0.3 is 15.6 Å². The molecule has 0 unspecified atom stereocenters. The Labute approximate surface area is 155 Å². The topological polar surface area (TPSA) is 95.6 Å². The summed E-state index contributed by atoms with van der Waals surface area (Å²) in [6.45, 7) is -1.39. The van der Waals surface area contributed by atoms with Gasteiger partial charge in [-0.2, -0.15) is 13.2 Å². The van der Waals surface area contributed by atoms with E-state index in [4.69, 9.17) is 0 Å². The summed E-state index contributed by atoms with van der Waals surface area (Å²) < 4.78 is 50.5. The Morgan fingerprint density at radius 1 is 1.29 bits per heavy atom. The molecule has 3 aromatic heterocycles. The number of nitrogens with zero attached hydrogens (tertiary/aromatic N) is 3. The summed E-state index contributed by atoms with van der Waals surface area (Å²) in [5.74, 6) is -0.706. The summed E-state index contributed by atoms with van der Waals surface area (Å²) in [6.07, 6.45) is 0.403. The number of pyridine rings is 1. The smallest absolute Gasteiger partial charge is 0.356 e. The van der Waals surface area contributed by atoms with Gasteiger partial charge in [-0.25, -0.2) is 19.3 Å². The maximum absolute atomic E-state index is 13.5. The van der Waals surface area contributed by atoms with Crippen molar-refractivity contribution in [1.82, 2.24) is 25.3 Å². The molecule has 7 nitrogen and oxygen atoms in total. The molecular formula is C17H14F4N6O. The summed E-state index contributed by atoms with van der Waals surface area (Å²) in [6, 6.07) is 2.80. The molecule has 0 aromatic carbocycles. The number of halogens is 4. The number of nitrogens with one attached hydrogen (secondary N) is 3. The number of hydrogen-bond donors (Lipinski definition) is 3. The molecule has 1 saturated carbocycles. The van der Waals surface area contributed by atoms with Crippen LogP contribution in [0.4, 0.5) is 23.4 Å². The Bertz CT molecular complexity index is 1040. The molecule has 146 valence electrons. The van der Waals surface area contributed by atoms with Crippen LogP contribution >= 0.6 is 0 Å². The number of fused-ring (bicyclic) bond motifs is 1. The van der Waals surface area contributed by atoms with E-state index in [0.29, 0.717) is 29.4 Å². The lowest BCUT2D eigenvalue weighted by molar-refractivity contribution is -0.139. The standard InChI is InChI=1S/C17H14F4N6O/c18-9-5-10-11(7-24-13(10)23-6-9)14-22-4-1-12(26-14)27-16(2-3-16)15(28)25-8-17(19,20)21/h1,4-7H,2-3,8H2,(H,23,24)(H,25,28)(H,22,26,27). The quantitative estimate of drug-likeness (QED) is 0.579. The van der Waals surface area contributed by atoms with Crippen molar-refractivity contribution >= 4 is 22.8 Å². The lowest BCUT2D eigenvalue weighted by Crippen LogP contribution is -2.45. The Balaban J connectivity index is 1.56. The van der Waals surface area contributed by atoms with E-state index in [1.54, 1.807) is 6.20 Å². The number of aromatic nitrogens is 4. The second kappa shape index (κ2) is 6.43. The van der Waals surface area contributed by atoms with Gasteiger partial charge in [0.1, 0.15) is 29.4 Å². The zero-order valence-electron chi connectivity index (χ0n) is 14.3. The third-order valence-corrected chi connectivity index (χ3v) is 4.40. The van der Waals surface area contributed by atoms with Gasteiger partial charge in [0, 0.05) is 23.3 Å². The van der Waals surface area contributed by atoms with E-state index in [2.05, 4.69) is 25.3 Å². The van der Waals surface area contributed by atoms with E-state index in [-0.39, 0.29) is 11.6 Å². The Kier molecular flexibility index (Phi) is 4.16. The third-order valence-electron chi connectivity index (χ3n) is 4.40. The molecule has 11 heteroatoms. The van der Waals surface area contributed by atoms with E-state index < -0.39 is 30.0 Å². The first-order valence-corrected chi connectivity index (χ1v) is 8.35. The summed E-state index contributed by atoms with van der Waals surface area (Å²) in [7, 11) is 0. The van der Waals surface area contributed by atoms with Crippen LogP contribution in [0.15, 0.2) is 30.7 Å². The monoisotopic (exact) mass is 394 g/mol. The van der Waals surface area contributed by atoms with Crippen LogP contribution in [0.2, 0.25) is 0 Å². The highest BCUT2D eigenvalue weighted by molar-refractivity contribution is 5.93. The molecule has 0 saturated heterocycles. The zero-order chi connectivity index (χ0) is 19.9. The number of hydrogen-bond acceptors (Lipinski definition) is 5. The van der Waals surface area contributed by atoms with Crippen molar-refractivity contribution in [3.63, 3.8) is 0 Å². The molecule has 28 heavy (non-hydrogen) atoms. The van der Waals surface area contributed by atoms with Gasteiger partial charge in [0.2, 0.25) is 5.91 Å². The number of carbonyl (C=O) groups excluding carboxylic acids is 1. The average Bonchev–Trinajstić information content (AvgIpc) is 3.30. The van der Waals surface area contributed by atoms with E-state index in [1.165, 1.54) is 18.3 Å². The van der Waals surface area contributed by atoms with Crippen LogP contribution in [-0.2, 0) is 4.79 Å². The Morgan fingerprint density at radius 2 is 2.07 bits per heavy atom. The molecule has 3 heterocycles. The second-order valence-corrected chi connectivity index (χ2v) is 6.52. The minimum absolute atomic E-state index is 0.259. The Hall–Kier alpha value is -3.24. The highest BCUT2D eigenvalue weighted by Crippen LogP contribution is 2.39. The van der Waals surface area contributed by atoms with Crippen molar-refractivity contribution in [3.05, 3.63) is 36.5 Å². The van der Waals surface area contributed by atoms with Gasteiger partial charge in [-0.15, -0.1) is 0 Å². The third kappa shape index (κ3) is 3.59. The summed E-state index contributed by atoms with van der Waals surface area (Å²) >= 11 is 0. The van der Waals surface area contributed by atoms with Crippen molar-refractivity contribution in [2.24, 2.45) is 0 Å². The SMILES string of the molecule is O=C(NCC(F)(F)F)C1(Nc2ccnc(-c3c[nH]c4ncc(F)cc34)n2)CC1. The van der Waals surface area contributed by atoms with Crippen LogP contribution in [-0.4, -0.2) is 44.1 Å². The normalized spacial score (nSPS) is 15.4. The van der Waals surface area contributed by atoms with Crippen molar-refractivity contribution in [1.29, 1.82) is 0 Å². The molecule has 1 amide bonds. The number of anilines is 1. The first-order valence-electron chi connectivity index (χ1n) is 8.35. The molecule has 0 radical (unpaired) electrons. The van der Waals surface area contributed by atoms with Crippen molar-refractivity contribution in [2.75, 3.05) is 11.9 Å². The fraction of sp³-hybridized carbons (Fsp3) is 0.294. The highest BCUT2D eigenvalue weighted by atomic mass is 19.4. The second-order valence-electron chi connectivity index (χ2n) is 6.52. The largest absolute Gasteiger partial charge is 0.405 e. The number of rotatable bonds is 5. The minimum atomic E-state index is -4.48. The van der Waals surface area contributed by atoms with Crippen LogP contribution in [0.5, 0.6) is 0 Å². The van der Waals surface area contributed by atoms with Crippen LogP contribution in [0.3, 0.4) is 0 Å². The van der Waals surface area contributed by atoms with Crippen molar-refractivity contribution in [2.45, 2.75) is 24.6 Å². The number of alkyl halides is 3. The Morgan fingerprint density at radius 3 is 2.79 bits per heavy atom.